The van der Waals surface area contributed by atoms with Crippen LogP contribution in [-0.4, -0.2) is 20.5 Å². The van der Waals surface area contributed by atoms with Gasteiger partial charge in [0.05, 0.1) is 0 Å². The molecule has 0 saturated heterocycles. The summed E-state index contributed by atoms with van der Waals surface area (Å²) < 4.78 is 15.1. The number of ketones is 1. The second kappa shape index (κ2) is 6.97. The van der Waals surface area contributed by atoms with Crippen LogP contribution in [0.4, 0.5) is 4.39 Å². The second-order valence-electron chi connectivity index (χ2n) is 6.10. The lowest BCUT2D eigenvalue weighted by Crippen LogP contribution is -2.47. The van der Waals surface area contributed by atoms with Crippen molar-refractivity contribution in [1.29, 1.82) is 0 Å². The first-order chi connectivity index (χ1) is 12.1. The predicted octanol–water partition coefficient (Wildman–Crippen LogP) is 3.82. The second-order valence-corrected chi connectivity index (χ2v) is 6.10. The number of nitrogens with zero attached hydrogens (tertiary/aromatic N) is 3. The molecule has 4 nitrogen and oxygen atoms in total. The van der Waals surface area contributed by atoms with E-state index in [1.54, 1.807) is 16.8 Å². The van der Waals surface area contributed by atoms with Crippen LogP contribution in [0.1, 0.15) is 31.4 Å². The molecule has 0 radical (unpaired) electrons. The minimum absolute atomic E-state index is 0.00157. The Hall–Kier alpha value is -2.82. The zero-order chi connectivity index (χ0) is 17.9. The largest absolute Gasteiger partial charge is 0.296 e. The fourth-order valence-electron chi connectivity index (χ4n) is 3.12. The maximum Gasteiger partial charge on any atom is 0.173 e. The number of halogens is 1. The van der Waals surface area contributed by atoms with E-state index in [0.717, 1.165) is 5.56 Å². The van der Waals surface area contributed by atoms with Crippen molar-refractivity contribution in [3.63, 3.8) is 0 Å². The lowest BCUT2D eigenvalue weighted by molar-refractivity contribution is -0.128. The fourth-order valence-corrected chi connectivity index (χ4v) is 3.12. The minimum atomic E-state index is -1.18. The molecule has 0 aliphatic heterocycles. The van der Waals surface area contributed by atoms with E-state index in [1.807, 2.05) is 44.2 Å². The van der Waals surface area contributed by atoms with E-state index >= 15 is 0 Å². The van der Waals surface area contributed by atoms with Crippen molar-refractivity contribution in [2.75, 3.05) is 0 Å². The molecule has 0 aliphatic rings. The van der Waals surface area contributed by atoms with E-state index < -0.39 is 5.54 Å². The molecule has 1 heterocycles. The van der Waals surface area contributed by atoms with Gasteiger partial charge in [0.1, 0.15) is 18.5 Å². The smallest absolute Gasteiger partial charge is 0.173 e. The normalized spacial score (nSPS) is 14.7. The van der Waals surface area contributed by atoms with E-state index in [9.17, 15) is 9.18 Å². The highest BCUT2D eigenvalue weighted by Crippen LogP contribution is 2.37. The summed E-state index contributed by atoms with van der Waals surface area (Å²) in [6, 6.07) is 15.5. The first kappa shape index (κ1) is 17.0. The number of aromatic nitrogens is 3. The SMILES string of the molecule is CCC(C)C(=O)C(c1ccccc1)(c1ccc(F)cc1)n1cncn1. The van der Waals surface area contributed by atoms with E-state index in [0.29, 0.717) is 12.0 Å². The third-order valence-electron chi connectivity index (χ3n) is 4.63. The van der Waals surface area contributed by atoms with Gasteiger partial charge >= 0.3 is 0 Å². The zero-order valence-corrected chi connectivity index (χ0v) is 14.3. The quantitative estimate of drug-likeness (QED) is 0.687. The van der Waals surface area contributed by atoms with Crippen molar-refractivity contribution >= 4 is 5.78 Å². The summed E-state index contributed by atoms with van der Waals surface area (Å²) in [6.07, 6.45) is 3.64. The Morgan fingerprint density at radius 3 is 2.32 bits per heavy atom. The van der Waals surface area contributed by atoms with Crippen molar-refractivity contribution in [1.82, 2.24) is 14.8 Å². The van der Waals surface area contributed by atoms with Gasteiger partial charge in [-0.15, -0.1) is 0 Å². The molecule has 128 valence electrons. The predicted molar refractivity (Wildman–Crippen MR) is 93.5 cm³/mol. The average Bonchev–Trinajstić information content (AvgIpc) is 3.19. The molecule has 0 bridgehead atoms. The Balaban J connectivity index is 2.35. The van der Waals surface area contributed by atoms with E-state index in [4.69, 9.17) is 0 Å². The van der Waals surface area contributed by atoms with Crippen LogP contribution in [0.15, 0.2) is 67.3 Å². The molecule has 0 saturated carbocycles. The first-order valence-corrected chi connectivity index (χ1v) is 8.31. The molecule has 25 heavy (non-hydrogen) atoms. The molecule has 1 aromatic heterocycles. The number of carbonyl (C=O) groups is 1. The highest BCUT2D eigenvalue weighted by Gasteiger charge is 2.46. The van der Waals surface area contributed by atoms with Gasteiger partial charge in [-0.1, -0.05) is 56.3 Å². The Morgan fingerprint density at radius 1 is 1.12 bits per heavy atom. The van der Waals surface area contributed by atoms with Gasteiger partial charge in [-0.05, 0) is 29.7 Å². The molecule has 0 spiro atoms. The summed E-state index contributed by atoms with van der Waals surface area (Å²) in [6.45, 7) is 3.88. The molecule has 5 heteroatoms. The summed E-state index contributed by atoms with van der Waals surface area (Å²) in [5.74, 6) is -0.548. The molecular weight excluding hydrogens is 317 g/mol. The van der Waals surface area contributed by atoms with Crippen LogP contribution in [-0.2, 0) is 10.3 Å². The van der Waals surface area contributed by atoms with Crippen molar-refractivity contribution < 1.29 is 9.18 Å². The van der Waals surface area contributed by atoms with Gasteiger partial charge in [0.25, 0.3) is 0 Å². The van der Waals surface area contributed by atoms with Gasteiger partial charge in [-0.25, -0.2) is 14.1 Å². The van der Waals surface area contributed by atoms with Crippen LogP contribution in [0, 0.1) is 11.7 Å². The van der Waals surface area contributed by atoms with Crippen molar-refractivity contribution in [3.05, 3.63) is 84.2 Å². The minimum Gasteiger partial charge on any atom is -0.296 e. The Labute approximate surface area is 146 Å². The molecule has 3 rings (SSSR count). The van der Waals surface area contributed by atoms with Gasteiger partial charge in [0.15, 0.2) is 11.3 Å². The molecule has 3 aromatic rings. The third-order valence-corrected chi connectivity index (χ3v) is 4.63. The molecule has 0 fully saturated rings. The maximum atomic E-state index is 13.6. The third kappa shape index (κ3) is 2.86. The van der Waals surface area contributed by atoms with Crippen LogP contribution in [0.5, 0.6) is 0 Å². The molecule has 2 atom stereocenters. The topological polar surface area (TPSA) is 47.8 Å². The van der Waals surface area contributed by atoms with Crippen molar-refractivity contribution in [2.24, 2.45) is 5.92 Å². The van der Waals surface area contributed by atoms with Gasteiger partial charge in [-0.3, -0.25) is 4.79 Å². The summed E-state index contributed by atoms with van der Waals surface area (Å²) >= 11 is 0. The number of rotatable bonds is 6. The van der Waals surface area contributed by atoms with Gasteiger partial charge in [0, 0.05) is 5.92 Å². The molecule has 0 amide bonds. The standard InChI is InChI=1S/C20H20FN3O/c1-3-15(2)19(25)20(24-14-22-13-23-24,16-7-5-4-6-8-16)17-9-11-18(21)12-10-17/h4-15H,3H2,1-2H3. The Morgan fingerprint density at radius 2 is 1.76 bits per heavy atom. The molecule has 0 aliphatic carbocycles. The number of Topliss-reactive ketones (excluding diaryl/α,β-unsaturated/α-hetero) is 1. The highest BCUT2D eigenvalue weighted by atomic mass is 19.1. The van der Waals surface area contributed by atoms with Crippen LogP contribution in [0.3, 0.4) is 0 Å². The summed E-state index contributed by atoms with van der Waals surface area (Å²) in [4.78, 5) is 17.6. The Bertz CT molecular complexity index is 831. The molecule has 2 unspecified atom stereocenters. The van der Waals surface area contributed by atoms with E-state index in [1.165, 1.54) is 24.8 Å². The average molecular weight is 337 g/mol. The van der Waals surface area contributed by atoms with Crippen LogP contribution in [0.25, 0.3) is 0 Å². The summed E-state index contributed by atoms with van der Waals surface area (Å²) in [5.41, 5.74) is 0.259. The van der Waals surface area contributed by atoms with Crippen molar-refractivity contribution in [3.8, 4) is 0 Å². The zero-order valence-electron chi connectivity index (χ0n) is 14.3. The molecular formula is C20H20FN3O. The van der Waals surface area contributed by atoms with E-state index in [-0.39, 0.29) is 17.5 Å². The van der Waals surface area contributed by atoms with Crippen molar-refractivity contribution in [2.45, 2.75) is 25.8 Å². The first-order valence-electron chi connectivity index (χ1n) is 8.31. The molecule has 0 N–H and O–H groups in total. The monoisotopic (exact) mass is 337 g/mol. The maximum absolute atomic E-state index is 13.6. The molecule has 2 aromatic carbocycles. The van der Waals surface area contributed by atoms with Crippen LogP contribution in [0.2, 0.25) is 0 Å². The number of hydrogen-bond acceptors (Lipinski definition) is 3. The number of carbonyl (C=O) groups excluding carboxylic acids is 1. The number of hydrogen-bond donors (Lipinski definition) is 0. The van der Waals surface area contributed by atoms with E-state index in [2.05, 4.69) is 10.1 Å². The number of benzene rings is 2. The van der Waals surface area contributed by atoms with Crippen LogP contribution < -0.4 is 0 Å². The van der Waals surface area contributed by atoms with Gasteiger partial charge in [-0.2, -0.15) is 5.10 Å². The summed E-state index contributed by atoms with van der Waals surface area (Å²) in [5, 5.41) is 4.29. The van der Waals surface area contributed by atoms with Gasteiger partial charge in [0.2, 0.25) is 0 Å². The van der Waals surface area contributed by atoms with Crippen LogP contribution >= 0.6 is 0 Å². The lowest BCUT2D eigenvalue weighted by Gasteiger charge is -2.35. The van der Waals surface area contributed by atoms with Gasteiger partial charge < -0.3 is 0 Å². The highest BCUT2D eigenvalue weighted by molar-refractivity contribution is 5.95. The summed E-state index contributed by atoms with van der Waals surface area (Å²) in [7, 11) is 0. The Kier molecular flexibility index (Phi) is 4.74. The fraction of sp³-hybridized carbons (Fsp3) is 0.250. The lowest BCUT2D eigenvalue weighted by atomic mass is 9.75.